The number of carbonyl (C=O) groups is 2. The molecule has 2 aromatic rings. The molecule has 0 radical (unpaired) electrons. The molecule has 2 aromatic carbocycles. The van der Waals surface area contributed by atoms with Gasteiger partial charge in [-0.05, 0) is 31.8 Å². The molecular weight excluding hydrogens is 408 g/mol. The van der Waals surface area contributed by atoms with Gasteiger partial charge >= 0.3 is 0 Å². The third-order valence-corrected chi connectivity index (χ3v) is 5.09. The van der Waals surface area contributed by atoms with E-state index in [1.165, 1.54) is 0 Å². The lowest BCUT2D eigenvalue weighted by atomic mass is 9.95. The minimum Gasteiger partial charge on any atom is -0.507 e. The van der Waals surface area contributed by atoms with Crippen molar-refractivity contribution in [3.05, 3.63) is 75.8 Å². The van der Waals surface area contributed by atoms with Crippen molar-refractivity contribution < 1.29 is 14.7 Å². The van der Waals surface area contributed by atoms with E-state index in [4.69, 9.17) is 0 Å². The van der Waals surface area contributed by atoms with E-state index in [9.17, 15) is 14.7 Å². The van der Waals surface area contributed by atoms with E-state index in [-0.39, 0.29) is 11.3 Å². The lowest BCUT2D eigenvalue weighted by Gasteiger charge is -2.26. The Morgan fingerprint density at radius 3 is 2.30 bits per heavy atom. The number of rotatable bonds is 5. The first-order chi connectivity index (χ1) is 12.9. The highest BCUT2D eigenvalue weighted by molar-refractivity contribution is 9.10. The van der Waals surface area contributed by atoms with Crippen LogP contribution in [0.25, 0.3) is 5.76 Å². The molecule has 1 N–H and O–H groups in total. The van der Waals surface area contributed by atoms with Crippen molar-refractivity contribution in [3.63, 3.8) is 0 Å². The van der Waals surface area contributed by atoms with Crippen LogP contribution in [0.3, 0.4) is 0 Å². The van der Waals surface area contributed by atoms with Gasteiger partial charge in [0, 0.05) is 23.1 Å². The van der Waals surface area contributed by atoms with Gasteiger partial charge in [0.05, 0.1) is 11.6 Å². The molecule has 27 heavy (non-hydrogen) atoms. The summed E-state index contributed by atoms with van der Waals surface area (Å²) in [5.41, 5.74) is 1.44. The Morgan fingerprint density at radius 1 is 1.07 bits per heavy atom. The van der Waals surface area contributed by atoms with Crippen LogP contribution < -0.4 is 0 Å². The lowest BCUT2D eigenvalue weighted by Crippen LogP contribution is -2.35. The van der Waals surface area contributed by atoms with E-state index in [1.807, 2.05) is 49.3 Å². The van der Waals surface area contributed by atoms with Gasteiger partial charge in [0.15, 0.2) is 0 Å². The number of Topliss-reactive ketones (excluding diaryl/α,β-unsaturated/α-hetero) is 1. The van der Waals surface area contributed by atoms with E-state index in [1.54, 1.807) is 29.2 Å². The SMILES string of the molecule is CN(C)CCN1C(=O)C(=O)/C(=C(/O)c2ccccc2)C1c1ccc(Br)cc1. The van der Waals surface area contributed by atoms with Crippen LogP contribution >= 0.6 is 15.9 Å². The molecule has 1 unspecified atom stereocenters. The summed E-state index contributed by atoms with van der Waals surface area (Å²) in [5, 5.41) is 10.9. The number of hydrogen-bond acceptors (Lipinski definition) is 4. The summed E-state index contributed by atoms with van der Waals surface area (Å²) in [5.74, 6) is -1.38. The van der Waals surface area contributed by atoms with E-state index in [2.05, 4.69) is 15.9 Å². The average molecular weight is 429 g/mol. The third-order valence-electron chi connectivity index (χ3n) is 4.56. The van der Waals surface area contributed by atoms with Crippen molar-refractivity contribution in [2.75, 3.05) is 27.2 Å². The highest BCUT2D eigenvalue weighted by Crippen LogP contribution is 2.39. The number of nitrogens with zero attached hydrogens (tertiary/aromatic N) is 2. The Hall–Kier alpha value is -2.44. The molecule has 6 heteroatoms. The number of amides is 1. The van der Waals surface area contributed by atoms with Crippen LogP contribution in [0.2, 0.25) is 0 Å². The summed E-state index contributed by atoms with van der Waals surface area (Å²) in [6, 6.07) is 15.7. The maximum absolute atomic E-state index is 12.8. The van der Waals surface area contributed by atoms with Crippen LogP contribution in [0.4, 0.5) is 0 Å². The number of aliphatic hydroxyl groups excluding tert-OH is 1. The Morgan fingerprint density at radius 2 is 1.70 bits per heavy atom. The molecule has 0 spiro atoms. The Balaban J connectivity index is 2.13. The van der Waals surface area contributed by atoms with Crippen molar-refractivity contribution in [3.8, 4) is 0 Å². The number of carbonyl (C=O) groups excluding carboxylic acids is 2. The minimum atomic E-state index is -0.650. The fourth-order valence-corrected chi connectivity index (χ4v) is 3.43. The molecule has 0 aliphatic carbocycles. The zero-order valence-corrected chi connectivity index (χ0v) is 16.8. The Kier molecular flexibility index (Phi) is 5.77. The monoisotopic (exact) mass is 428 g/mol. The standard InChI is InChI=1S/C21H21BrN2O3/c1-23(2)12-13-24-18(14-8-10-16(22)11-9-14)17(20(26)21(24)27)19(25)15-6-4-3-5-7-15/h3-11,18,25H,12-13H2,1-2H3/b19-17+. The van der Waals surface area contributed by atoms with Gasteiger partial charge in [-0.2, -0.15) is 0 Å². The molecule has 1 atom stereocenters. The van der Waals surface area contributed by atoms with Gasteiger partial charge < -0.3 is 14.9 Å². The van der Waals surface area contributed by atoms with Crippen molar-refractivity contribution in [2.24, 2.45) is 0 Å². The summed E-state index contributed by atoms with van der Waals surface area (Å²) in [4.78, 5) is 29.0. The molecule has 0 bridgehead atoms. The number of halogens is 1. The molecule has 1 heterocycles. The van der Waals surface area contributed by atoms with E-state index in [0.717, 1.165) is 10.0 Å². The number of hydrogen-bond donors (Lipinski definition) is 1. The molecule has 140 valence electrons. The van der Waals surface area contributed by atoms with E-state index >= 15 is 0 Å². The second-order valence-electron chi connectivity index (χ2n) is 6.71. The molecule has 1 amide bonds. The van der Waals surface area contributed by atoms with Crippen molar-refractivity contribution in [2.45, 2.75) is 6.04 Å². The van der Waals surface area contributed by atoms with Crippen molar-refractivity contribution in [1.29, 1.82) is 0 Å². The van der Waals surface area contributed by atoms with Crippen molar-refractivity contribution in [1.82, 2.24) is 9.80 Å². The van der Waals surface area contributed by atoms with E-state index < -0.39 is 17.7 Å². The van der Waals surface area contributed by atoms with Crippen molar-refractivity contribution >= 4 is 33.4 Å². The van der Waals surface area contributed by atoms with Crippen LogP contribution in [-0.2, 0) is 9.59 Å². The topological polar surface area (TPSA) is 60.9 Å². The molecule has 1 fully saturated rings. The van der Waals surface area contributed by atoms with Gasteiger partial charge in [0.25, 0.3) is 11.7 Å². The molecule has 3 rings (SSSR count). The number of benzene rings is 2. The average Bonchev–Trinajstić information content (AvgIpc) is 2.91. The second-order valence-corrected chi connectivity index (χ2v) is 7.63. The van der Waals surface area contributed by atoms with Crippen LogP contribution in [-0.4, -0.2) is 53.8 Å². The Labute approximate surface area is 167 Å². The number of likely N-dealkylation sites (N-methyl/N-ethyl adjacent to an activating group) is 1. The number of aliphatic hydroxyl groups is 1. The van der Waals surface area contributed by atoms with Gasteiger partial charge in [-0.3, -0.25) is 9.59 Å². The van der Waals surface area contributed by atoms with Crippen LogP contribution in [0.5, 0.6) is 0 Å². The summed E-state index contributed by atoms with van der Waals surface area (Å²) < 4.78 is 0.902. The third kappa shape index (κ3) is 3.96. The predicted molar refractivity (Wildman–Crippen MR) is 108 cm³/mol. The molecular formula is C21H21BrN2O3. The summed E-state index contributed by atoms with van der Waals surface area (Å²) in [7, 11) is 3.82. The van der Waals surface area contributed by atoms with Gasteiger partial charge in [-0.1, -0.05) is 58.4 Å². The molecule has 1 saturated heterocycles. The zero-order valence-electron chi connectivity index (χ0n) is 15.2. The highest BCUT2D eigenvalue weighted by atomic mass is 79.9. The quantitative estimate of drug-likeness (QED) is 0.450. The first-order valence-electron chi connectivity index (χ1n) is 8.64. The largest absolute Gasteiger partial charge is 0.507 e. The van der Waals surface area contributed by atoms with Crippen LogP contribution in [0, 0.1) is 0 Å². The lowest BCUT2D eigenvalue weighted by molar-refractivity contribution is -0.140. The molecule has 1 aliphatic heterocycles. The fourth-order valence-electron chi connectivity index (χ4n) is 3.16. The van der Waals surface area contributed by atoms with Gasteiger partial charge in [-0.25, -0.2) is 0 Å². The summed E-state index contributed by atoms with van der Waals surface area (Å²) in [6.07, 6.45) is 0. The highest BCUT2D eigenvalue weighted by Gasteiger charge is 2.45. The zero-order chi connectivity index (χ0) is 19.6. The molecule has 5 nitrogen and oxygen atoms in total. The maximum atomic E-state index is 12.8. The van der Waals surface area contributed by atoms with Crippen LogP contribution in [0.1, 0.15) is 17.2 Å². The molecule has 1 aliphatic rings. The van der Waals surface area contributed by atoms with Gasteiger partial charge in [0.2, 0.25) is 0 Å². The second kappa shape index (κ2) is 8.06. The van der Waals surface area contributed by atoms with Gasteiger partial charge in [-0.15, -0.1) is 0 Å². The smallest absolute Gasteiger partial charge is 0.295 e. The number of ketones is 1. The van der Waals surface area contributed by atoms with Crippen LogP contribution in [0.15, 0.2) is 64.6 Å². The first-order valence-corrected chi connectivity index (χ1v) is 9.43. The van der Waals surface area contributed by atoms with Gasteiger partial charge in [0.1, 0.15) is 5.76 Å². The Bertz CT molecular complexity index is 876. The first kappa shape index (κ1) is 19.3. The fraction of sp³-hybridized carbons (Fsp3) is 0.238. The summed E-state index contributed by atoms with van der Waals surface area (Å²) in [6.45, 7) is 1.01. The normalized spacial score (nSPS) is 19.1. The summed E-state index contributed by atoms with van der Waals surface area (Å²) >= 11 is 3.41. The molecule has 0 aromatic heterocycles. The predicted octanol–water partition coefficient (Wildman–Crippen LogP) is 3.43. The molecule has 0 saturated carbocycles. The maximum Gasteiger partial charge on any atom is 0.295 e. The van der Waals surface area contributed by atoms with E-state index in [0.29, 0.717) is 18.7 Å². The minimum absolute atomic E-state index is 0.132. The number of likely N-dealkylation sites (tertiary alicyclic amines) is 1.